The van der Waals surface area contributed by atoms with Gasteiger partial charge in [0, 0.05) is 17.7 Å². The number of amides is 2. The zero-order chi connectivity index (χ0) is 20.9. The molecular weight excluding hydrogens is 362 g/mol. The summed E-state index contributed by atoms with van der Waals surface area (Å²) >= 11 is 0. The van der Waals surface area contributed by atoms with E-state index in [1.54, 1.807) is 19.1 Å². The van der Waals surface area contributed by atoms with Crippen molar-refractivity contribution >= 4 is 17.5 Å². The third-order valence-electron chi connectivity index (χ3n) is 4.02. The smallest absolute Gasteiger partial charge is 0.279 e. The van der Waals surface area contributed by atoms with Crippen molar-refractivity contribution in [3.63, 3.8) is 0 Å². The molecule has 0 heterocycles. The molecule has 2 aromatic carbocycles. The van der Waals surface area contributed by atoms with Crippen molar-refractivity contribution in [2.75, 3.05) is 0 Å². The Labute approximate surface area is 163 Å². The summed E-state index contributed by atoms with van der Waals surface area (Å²) in [5, 5.41) is 10.8. The van der Waals surface area contributed by atoms with Crippen LogP contribution in [0.25, 0.3) is 0 Å². The molecule has 8 heteroatoms. The molecule has 148 valence electrons. The van der Waals surface area contributed by atoms with Crippen LogP contribution in [0.3, 0.4) is 0 Å². The molecule has 0 spiro atoms. The van der Waals surface area contributed by atoms with Crippen LogP contribution in [-0.2, 0) is 10.2 Å². The Morgan fingerprint density at radius 1 is 1.07 bits per heavy atom. The standard InChI is InChI=1S/C20H23N3O5/c1-13(28-17-10-8-15(9-11-17)20(2,3)4)18(24)21-22-19(25)14-6-5-7-16(12-14)23(26)27/h5-13H,1-4H3,(H,21,24)(H,22,25)/t13-/m1/s1. The Morgan fingerprint density at radius 3 is 2.29 bits per heavy atom. The molecule has 0 radical (unpaired) electrons. The highest BCUT2D eigenvalue weighted by Crippen LogP contribution is 2.24. The first-order valence-electron chi connectivity index (χ1n) is 8.70. The average Bonchev–Trinajstić information content (AvgIpc) is 2.65. The number of hydrogen-bond donors (Lipinski definition) is 2. The van der Waals surface area contributed by atoms with E-state index in [1.807, 2.05) is 12.1 Å². The molecule has 0 saturated heterocycles. The predicted molar refractivity (Wildman–Crippen MR) is 104 cm³/mol. The summed E-state index contributed by atoms with van der Waals surface area (Å²) in [4.78, 5) is 34.3. The summed E-state index contributed by atoms with van der Waals surface area (Å²) in [6, 6.07) is 12.6. The van der Waals surface area contributed by atoms with Crippen molar-refractivity contribution in [3.8, 4) is 5.75 Å². The summed E-state index contributed by atoms with van der Waals surface area (Å²) < 4.78 is 5.58. The van der Waals surface area contributed by atoms with E-state index >= 15 is 0 Å². The van der Waals surface area contributed by atoms with E-state index in [-0.39, 0.29) is 16.7 Å². The Morgan fingerprint density at radius 2 is 1.71 bits per heavy atom. The Balaban J connectivity index is 1.91. The fourth-order valence-corrected chi connectivity index (χ4v) is 2.34. The van der Waals surface area contributed by atoms with E-state index in [0.29, 0.717) is 5.75 Å². The molecule has 0 unspecified atom stereocenters. The summed E-state index contributed by atoms with van der Waals surface area (Å²) in [6.07, 6.45) is -0.856. The van der Waals surface area contributed by atoms with Gasteiger partial charge >= 0.3 is 0 Å². The first-order valence-corrected chi connectivity index (χ1v) is 8.70. The van der Waals surface area contributed by atoms with Crippen molar-refractivity contribution in [1.29, 1.82) is 0 Å². The van der Waals surface area contributed by atoms with Gasteiger partial charge in [0.25, 0.3) is 17.5 Å². The minimum absolute atomic E-state index is 0.0122. The number of rotatable bonds is 5. The number of nitrogens with one attached hydrogen (secondary N) is 2. The largest absolute Gasteiger partial charge is 0.481 e. The molecular formula is C20H23N3O5. The molecule has 0 aliphatic carbocycles. The fraction of sp³-hybridized carbons (Fsp3) is 0.300. The highest BCUT2D eigenvalue weighted by Gasteiger charge is 2.18. The number of benzene rings is 2. The van der Waals surface area contributed by atoms with E-state index in [0.717, 1.165) is 11.6 Å². The van der Waals surface area contributed by atoms with Gasteiger partial charge in [-0.25, -0.2) is 0 Å². The Bertz CT molecular complexity index is 872. The minimum Gasteiger partial charge on any atom is -0.481 e. The maximum Gasteiger partial charge on any atom is 0.279 e. The van der Waals surface area contributed by atoms with Crippen LogP contribution in [0.15, 0.2) is 48.5 Å². The van der Waals surface area contributed by atoms with Crippen molar-refractivity contribution in [3.05, 3.63) is 69.8 Å². The van der Waals surface area contributed by atoms with Crippen LogP contribution in [0.5, 0.6) is 5.75 Å². The topological polar surface area (TPSA) is 111 Å². The van der Waals surface area contributed by atoms with E-state index < -0.39 is 22.8 Å². The van der Waals surface area contributed by atoms with E-state index in [4.69, 9.17) is 4.74 Å². The first kappa shape index (κ1) is 20.9. The van der Waals surface area contributed by atoms with Gasteiger partial charge in [0.05, 0.1) is 4.92 Å². The lowest BCUT2D eigenvalue weighted by molar-refractivity contribution is -0.384. The average molecular weight is 385 g/mol. The van der Waals surface area contributed by atoms with E-state index in [9.17, 15) is 19.7 Å². The SMILES string of the molecule is C[C@@H](Oc1ccc(C(C)(C)C)cc1)C(=O)NNC(=O)c1cccc([N+](=O)[O-])c1. The zero-order valence-corrected chi connectivity index (χ0v) is 16.2. The minimum atomic E-state index is -0.856. The third-order valence-corrected chi connectivity index (χ3v) is 4.02. The number of nitro benzene ring substituents is 1. The lowest BCUT2D eigenvalue weighted by Gasteiger charge is -2.20. The Hall–Kier alpha value is -3.42. The van der Waals surface area contributed by atoms with Crippen LogP contribution in [0.4, 0.5) is 5.69 Å². The van der Waals surface area contributed by atoms with Gasteiger partial charge in [0.1, 0.15) is 5.75 Å². The number of hydrazine groups is 1. The van der Waals surface area contributed by atoms with Gasteiger partial charge in [-0.2, -0.15) is 0 Å². The van der Waals surface area contributed by atoms with Gasteiger partial charge < -0.3 is 4.74 Å². The first-order chi connectivity index (χ1) is 13.1. The van der Waals surface area contributed by atoms with Gasteiger partial charge in [-0.15, -0.1) is 0 Å². The quantitative estimate of drug-likeness (QED) is 0.607. The molecule has 2 amide bonds. The fourth-order valence-electron chi connectivity index (χ4n) is 2.34. The van der Waals surface area contributed by atoms with Crippen molar-refractivity contribution in [2.45, 2.75) is 39.2 Å². The molecule has 2 aromatic rings. The predicted octanol–water partition coefficient (Wildman–Crippen LogP) is 3.12. The lowest BCUT2D eigenvalue weighted by atomic mass is 9.87. The summed E-state index contributed by atoms with van der Waals surface area (Å²) in [5.74, 6) is -0.696. The highest BCUT2D eigenvalue weighted by molar-refractivity contribution is 5.96. The summed E-state index contributed by atoms with van der Waals surface area (Å²) in [7, 11) is 0. The third kappa shape index (κ3) is 5.54. The second-order valence-electron chi connectivity index (χ2n) is 7.29. The number of ether oxygens (including phenoxy) is 1. The monoisotopic (exact) mass is 385 g/mol. The van der Waals surface area contributed by atoms with Gasteiger partial charge in [-0.3, -0.25) is 30.6 Å². The number of carbonyl (C=O) groups is 2. The normalized spacial score (nSPS) is 12.0. The number of carbonyl (C=O) groups excluding carboxylic acids is 2. The van der Waals surface area contributed by atoms with Crippen LogP contribution >= 0.6 is 0 Å². The second kappa shape index (κ2) is 8.51. The summed E-state index contributed by atoms with van der Waals surface area (Å²) in [6.45, 7) is 7.85. The summed E-state index contributed by atoms with van der Waals surface area (Å²) in [5.41, 5.74) is 5.47. The molecule has 0 aliphatic heterocycles. The number of nitrogens with zero attached hydrogens (tertiary/aromatic N) is 1. The van der Waals surface area contributed by atoms with Crippen LogP contribution in [-0.4, -0.2) is 22.8 Å². The molecule has 0 aromatic heterocycles. The lowest BCUT2D eigenvalue weighted by Crippen LogP contribution is -2.47. The molecule has 1 atom stereocenters. The van der Waals surface area contributed by atoms with Crippen LogP contribution in [0.1, 0.15) is 43.6 Å². The van der Waals surface area contributed by atoms with Crippen molar-refractivity contribution in [2.24, 2.45) is 0 Å². The molecule has 2 rings (SSSR count). The van der Waals surface area contributed by atoms with Crippen molar-refractivity contribution in [1.82, 2.24) is 10.9 Å². The number of nitro groups is 1. The van der Waals surface area contributed by atoms with Gasteiger partial charge in [0.2, 0.25) is 0 Å². The van der Waals surface area contributed by atoms with E-state index in [2.05, 4.69) is 31.6 Å². The van der Waals surface area contributed by atoms with E-state index in [1.165, 1.54) is 18.2 Å². The number of hydrogen-bond acceptors (Lipinski definition) is 5. The molecule has 2 N–H and O–H groups in total. The molecule has 0 fully saturated rings. The van der Waals surface area contributed by atoms with Gasteiger partial charge in [0.15, 0.2) is 6.10 Å². The van der Waals surface area contributed by atoms with Crippen LogP contribution < -0.4 is 15.6 Å². The number of non-ortho nitro benzene ring substituents is 1. The van der Waals surface area contributed by atoms with Crippen LogP contribution in [0.2, 0.25) is 0 Å². The maximum absolute atomic E-state index is 12.1. The van der Waals surface area contributed by atoms with Gasteiger partial charge in [-0.1, -0.05) is 39.0 Å². The maximum atomic E-state index is 12.1. The highest BCUT2D eigenvalue weighted by atomic mass is 16.6. The Kier molecular flexibility index (Phi) is 6.35. The van der Waals surface area contributed by atoms with Gasteiger partial charge in [-0.05, 0) is 36.1 Å². The molecule has 0 aliphatic rings. The zero-order valence-electron chi connectivity index (χ0n) is 16.2. The second-order valence-corrected chi connectivity index (χ2v) is 7.29. The molecule has 8 nitrogen and oxygen atoms in total. The van der Waals surface area contributed by atoms with Crippen LogP contribution in [0, 0.1) is 10.1 Å². The molecule has 0 saturated carbocycles. The van der Waals surface area contributed by atoms with Crippen molar-refractivity contribution < 1.29 is 19.2 Å². The molecule has 28 heavy (non-hydrogen) atoms. The molecule has 0 bridgehead atoms.